The highest BCUT2D eigenvalue weighted by molar-refractivity contribution is 7.80. The normalized spacial score (nSPS) is 13.0. The summed E-state index contributed by atoms with van der Waals surface area (Å²) in [5.41, 5.74) is 1.73. The summed E-state index contributed by atoms with van der Waals surface area (Å²) in [7, 11) is 1.61. The lowest BCUT2D eigenvalue weighted by Gasteiger charge is -2.16. The Bertz CT molecular complexity index is 529. The Morgan fingerprint density at radius 1 is 1.29 bits per heavy atom. The molecule has 0 unspecified atom stereocenters. The standard InChI is InChI=1S/C16H22O4S/c1-4-11(10-21)16(9-19-3)20-15(5-2)12-6-7-13(17)14(18)8-12/h5-8,17-18,21H,4,9-10H2,1-3H3. The van der Waals surface area contributed by atoms with Crippen molar-refractivity contribution < 1.29 is 19.7 Å². The van der Waals surface area contributed by atoms with Crippen molar-refractivity contribution in [3.8, 4) is 11.5 Å². The lowest BCUT2D eigenvalue weighted by molar-refractivity contribution is 0.178. The third-order valence-electron chi connectivity index (χ3n) is 3.04. The molecule has 21 heavy (non-hydrogen) atoms. The number of ether oxygens (including phenoxy) is 2. The molecule has 5 heteroatoms. The molecule has 0 aliphatic carbocycles. The van der Waals surface area contributed by atoms with Gasteiger partial charge in [-0.25, -0.2) is 0 Å². The molecule has 0 spiro atoms. The highest BCUT2D eigenvalue weighted by Crippen LogP contribution is 2.30. The SMILES string of the molecule is CC=C(OC(COC)=C(CC)CS)c1ccc(O)c(O)c1. The third-order valence-corrected chi connectivity index (χ3v) is 3.42. The first-order chi connectivity index (χ1) is 10.1. The third kappa shape index (κ3) is 4.72. The minimum absolute atomic E-state index is 0.161. The highest BCUT2D eigenvalue weighted by atomic mass is 32.1. The zero-order valence-electron chi connectivity index (χ0n) is 12.6. The van der Waals surface area contributed by atoms with E-state index in [1.165, 1.54) is 12.1 Å². The fraction of sp³-hybridized carbons (Fsp3) is 0.375. The van der Waals surface area contributed by atoms with E-state index in [-0.39, 0.29) is 11.5 Å². The van der Waals surface area contributed by atoms with Crippen LogP contribution in [0.15, 0.2) is 35.6 Å². The molecule has 0 bridgehead atoms. The van der Waals surface area contributed by atoms with Gasteiger partial charge in [-0.3, -0.25) is 0 Å². The minimum atomic E-state index is -0.183. The molecule has 0 fully saturated rings. The van der Waals surface area contributed by atoms with Gasteiger partial charge in [-0.2, -0.15) is 12.6 Å². The van der Waals surface area contributed by atoms with Crippen LogP contribution < -0.4 is 0 Å². The molecule has 0 atom stereocenters. The van der Waals surface area contributed by atoms with Crippen LogP contribution in [0.1, 0.15) is 25.8 Å². The molecule has 0 saturated heterocycles. The van der Waals surface area contributed by atoms with Gasteiger partial charge in [0.2, 0.25) is 0 Å². The van der Waals surface area contributed by atoms with Gasteiger partial charge in [-0.15, -0.1) is 0 Å². The van der Waals surface area contributed by atoms with Crippen LogP contribution in [-0.2, 0) is 9.47 Å². The van der Waals surface area contributed by atoms with E-state index < -0.39 is 0 Å². The van der Waals surface area contributed by atoms with Gasteiger partial charge in [0.15, 0.2) is 11.5 Å². The second-order valence-electron chi connectivity index (χ2n) is 4.43. The number of phenolic OH excluding ortho intramolecular Hbond substituents is 2. The van der Waals surface area contributed by atoms with Crippen molar-refractivity contribution in [1.82, 2.24) is 0 Å². The van der Waals surface area contributed by atoms with Crippen LogP contribution in [0.2, 0.25) is 0 Å². The Morgan fingerprint density at radius 3 is 2.48 bits per heavy atom. The summed E-state index contributed by atoms with van der Waals surface area (Å²) in [5, 5.41) is 19.0. The van der Waals surface area contributed by atoms with Crippen LogP contribution in [0, 0.1) is 0 Å². The number of aromatic hydroxyl groups is 2. The van der Waals surface area contributed by atoms with Gasteiger partial charge < -0.3 is 19.7 Å². The van der Waals surface area contributed by atoms with Crippen molar-refractivity contribution in [3.05, 3.63) is 41.2 Å². The molecule has 0 aliphatic rings. The van der Waals surface area contributed by atoms with Crippen LogP contribution in [0.25, 0.3) is 5.76 Å². The van der Waals surface area contributed by atoms with Gasteiger partial charge in [0, 0.05) is 18.4 Å². The summed E-state index contributed by atoms with van der Waals surface area (Å²) in [5.74, 6) is 1.55. The van der Waals surface area contributed by atoms with E-state index in [4.69, 9.17) is 9.47 Å². The maximum absolute atomic E-state index is 9.60. The number of phenols is 2. The molecule has 2 N–H and O–H groups in total. The minimum Gasteiger partial charge on any atom is -0.504 e. The first kappa shape index (κ1) is 17.5. The van der Waals surface area contributed by atoms with Crippen LogP contribution in [0.3, 0.4) is 0 Å². The van der Waals surface area contributed by atoms with E-state index in [0.29, 0.717) is 23.7 Å². The lowest BCUT2D eigenvalue weighted by Crippen LogP contribution is -2.05. The van der Waals surface area contributed by atoms with Crippen LogP contribution in [-0.4, -0.2) is 29.7 Å². The molecule has 116 valence electrons. The molecule has 0 heterocycles. The first-order valence-corrected chi connectivity index (χ1v) is 7.37. The second kappa shape index (κ2) is 8.64. The molecule has 1 rings (SSSR count). The Balaban J connectivity index is 3.10. The van der Waals surface area contributed by atoms with Crippen molar-refractivity contribution in [1.29, 1.82) is 0 Å². The van der Waals surface area contributed by atoms with Crippen LogP contribution >= 0.6 is 12.6 Å². The highest BCUT2D eigenvalue weighted by Gasteiger charge is 2.12. The van der Waals surface area contributed by atoms with E-state index >= 15 is 0 Å². The van der Waals surface area contributed by atoms with E-state index in [2.05, 4.69) is 12.6 Å². The van der Waals surface area contributed by atoms with Gasteiger partial charge in [0.1, 0.15) is 18.1 Å². The fourth-order valence-corrected chi connectivity index (χ4v) is 2.23. The quantitative estimate of drug-likeness (QED) is 0.408. The summed E-state index contributed by atoms with van der Waals surface area (Å²) in [4.78, 5) is 0. The zero-order chi connectivity index (χ0) is 15.8. The summed E-state index contributed by atoms with van der Waals surface area (Å²) in [6.07, 6.45) is 2.62. The van der Waals surface area contributed by atoms with Crippen LogP contribution in [0.4, 0.5) is 0 Å². The van der Waals surface area contributed by atoms with Gasteiger partial charge >= 0.3 is 0 Å². The largest absolute Gasteiger partial charge is 0.504 e. The molecular weight excluding hydrogens is 288 g/mol. The Hall–Kier alpha value is -1.59. The molecule has 0 aliphatic heterocycles. The van der Waals surface area contributed by atoms with Crippen molar-refractivity contribution in [2.24, 2.45) is 0 Å². The maximum atomic E-state index is 9.60. The molecular formula is C16H22O4S. The van der Waals surface area contributed by atoms with E-state index in [9.17, 15) is 10.2 Å². The van der Waals surface area contributed by atoms with Crippen molar-refractivity contribution in [2.75, 3.05) is 19.5 Å². The number of benzene rings is 1. The summed E-state index contributed by atoms with van der Waals surface area (Å²) in [6, 6.07) is 4.57. The number of thiol groups is 1. The molecule has 1 aromatic carbocycles. The predicted molar refractivity (Wildman–Crippen MR) is 87.6 cm³/mol. The lowest BCUT2D eigenvalue weighted by atomic mass is 10.1. The Kier molecular flexibility index (Phi) is 7.19. The Morgan fingerprint density at radius 2 is 2.00 bits per heavy atom. The fourth-order valence-electron chi connectivity index (χ4n) is 1.83. The molecule has 0 saturated carbocycles. The smallest absolute Gasteiger partial charge is 0.158 e. The number of hydrogen-bond donors (Lipinski definition) is 3. The first-order valence-electron chi connectivity index (χ1n) is 6.74. The van der Waals surface area contributed by atoms with Crippen LogP contribution in [0.5, 0.6) is 11.5 Å². The summed E-state index contributed by atoms with van der Waals surface area (Å²) in [6.45, 7) is 4.23. The van der Waals surface area contributed by atoms with Gasteiger partial charge in [-0.1, -0.05) is 6.92 Å². The average Bonchev–Trinajstić information content (AvgIpc) is 2.48. The van der Waals surface area contributed by atoms with E-state index in [1.807, 2.05) is 13.8 Å². The topological polar surface area (TPSA) is 58.9 Å². The van der Waals surface area contributed by atoms with E-state index in [1.54, 1.807) is 19.3 Å². The number of rotatable bonds is 7. The van der Waals surface area contributed by atoms with Gasteiger partial charge in [0.25, 0.3) is 0 Å². The molecule has 0 aromatic heterocycles. The van der Waals surface area contributed by atoms with Crippen molar-refractivity contribution in [3.63, 3.8) is 0 Å². The van der Waals surface area contributed by atoms with E-state index in [0.717, 1.165) is 17.8 Å². The summed E-state index contributed by atoms with van der Waals surface area (Å²) >= 11 is 4.31. The number of methoxy groups -OCH3 is 1. The Labute approximate surface area is 131 Å². The number of hydrogen-bond acceptors (Lipinski definition) is 5. The molecule has 0 amide bonds. The van der Waals surface area contributed by atoms with Crippen molar-refractivity contribution in [2.45, 2.75) is 20.3 Å². The zero-order valence-corrected chi connectivity index (χ0v) is 13.5. The monoisotopic (exact) mass is 310 g/mol. The molecule has 4 nitrogen and oxygen atoms in total. The van der Waals surface area contributed by atoms with Crippen molar-refractivity contribution >= 4 is 18.4 Å². The average molecular weight is 310 g/mol. The second-order valence-corrected chi connectivity index (χ2v) is 4.75. The summed E-state index contributed by atoms with van der Waals surface area (Å²) < 4.78 is 11.1. The maximum Gasteiger partial charge on any atom is 0.158 e. The predicted octanol–water partition coefficient (Wildman–Crippen LogP) is 3.72. The van der Waals surface area contributed by atoms with Gasteiger partial charge in [0.05, 0.1) is 0 Å². The number of allylic oxidation sites excluding steroid dienone is 1. The molecule has 0 radical (unpaired) electrons. The van der Waals surface area contributed by atoms with Gasteiger partial charge in [-0.05, 0) is 43.2 Å². The molecule has 1 aromatic rings.